The van der Waals surface area contributed by atoms with Gasteiger partial charge in [0.1, 0.15) is 13.1 Å². The van der Waals surface area contributed by atoms with Crippen LogP contribution in [0.4, 0.5) is 0 Å². The average Bonchev–Trinajstić information content (AvgIpc) is 3.24. The van der Waals surface area contributed by atoms with E-state index < -0.39 is 43.0 Å². The van der Waals surface area contributed by atoms with Crippen molar-refractivity contribution < 1.29 is 28.7 Å². The highest BCUT2D eigenvalue weighted by Gasteiger charge is 2.43. The molecule has 1 amide bonds. The van der Waals surface area contributed by atoms with Gasteiger partial charge in [0.05, 0.1) is 24.8 Å². The number of nitrogens with zero attached hydrogens (tertiary/aromatic N) is 2. The fourth-order valence-corrected chi connectivity index (χ4v) is 3.65. The molecule has 0 saturated heterocycles. The fraction of sp³-hybridized carbons (Fsp3) is 0.333. The summed E-state index contributed by atoms with van der Waals surface area (Å²) in [5.41, 5.74) is 2.09. The second-order valence-electron chi connectivity index (χ2n) is 7.20. The lowest BCUT2D eigenvalue weighted by Crippen LogP contribution is -2.47. The topological polar surface area (TPSA) is 94.5 Å². The van der Waals surface area contributed by atoms with Gasteiger partial charge in [0.25, 0.3) is 5.91 Å². The van der Waals surface area contributed by atoms with Crippen LogP contribution in [0.3, 0.4) is 0 Å². The molecule has 3 rings (SSSR count). The summed E-state index contributed by atoms with van der Waals surface area (Å²) in [6.07, 6.45) is -1.08. The van der Waals surface area contributed by atoms with E-state index in [0.29, 0.717) is 10.7 Å². The standard InChI is InChI=1S/C24H25ClN2O6/c1-3-31-19(28)14-27(15-20(29)32-4-2)24(30)23-21(16-8-6-5-7-9-16)22(26-33-23)17-10-12-18(25)13-11-17/h5-13,21,23H,3-4,14-15H2,1-2H3/t21-,23-/m0/s1. The fourth-order valence-electron chi connectivity index (χ4n) is 3.52. The Morgan fingerprint density at radius 1 is 0.939 bits per heavy atom. The van der Waals surface area contributed by atoms with Gasteiger partial charge in [0.2, 0.25) is 6.10 Å². The van der Waals surface area contributed by atoms with E-state index in [4.69, 9.17) is 25.9 Å². The van der Waals surface area contributed by atoms with Gasteiger partial charge in [0.15, 0.2) is 0 Å². The highest BCUT2D eigenvalue weighted by atomic mass is 35.5. The van der Waals surface area contributed by atoms with E-state index in [-0.39, 0.29) is 13.2 Å². The minimum atomic E-state index is -1.08. The number of halogens is 1. The molecule has 1 heterocycles. The van der Waals surface area contributed by atoms with Crippen molar-refractivity contribution in [3.8, 4) is 0 Å². The number of carbonyl (C=O) groups excluding carboxylic acids is 3. The van der Waals surface area contributed by atoms with E-state index in [0.717, 1.165) is 16.0 Å². The van der Waals surface area contributed by atoms with Crippen molar-refractivity contribution in [3.05, 3.63) is 70.7 Å². The zero-order valence-electron chi connectivity index (χ0n) is 18.4. The van der Waals surface area contributed by atoms with Crippen molar-refractivity contribution in [1.29, 1.82) is 0 Å². The Balaban J connectivity index is 1.93. The molecule has 0 unspecified atom stereocenters. The van der Waals surface area contributed by atoms with Gasteiger partial charge in [-0.1, -0.05) is 59.2 Å². The molecule has 0 radical (unpaired) electrons. The average molecular weight is 473 g/mol. The number of ether oxygens (including phenoxy) is 2. The maximum atomic E-state index is 13.5. The number of hydrogen-bond donors (Lipinski definition) is 0. The van der Waals surface area contributed by atoms with Crippen LogP contribution in [0.2, 0.25) is 5.02 Å². The molecule has 2 atom stereocenters. The van der Waals surface area contributed by atoms with Crippen molar-refractivity contribution in [3.63, 3.8) is 0 Å². The Bertz CT molecular complexity index is 989. The second kappa shape index (κ2) is 11.5. The lowest BCUT2D eigenvalue weighted by molar-refractivity contribution is -0.158. The van der Waals surface area contributed by atoms with Crippen molar-refractivity contribution in [2.75, 3.05) is 26.3 Å². The third kappa shape index (κ3) is 6.10. The molecule has 0 bridgehead atoms. The predicted octanol–water partition coefficient (Wildman–Crippen LogP) is 3.18. The van der Waals surface area contributed by atoms with Crippen molar-refractivity contribution in [2.24, 2.45) is 5.16 Å². The van der Waals surface area contributed by atoms with Crippen molar-refractivity contribution in [1.82, 2.24) is 4.90 Å². The summed E-state index contributed by atoms with van der Waals surface area (Å²) in [5, 5.41) is 4.77. The summed E-state index contributed by atoms with van der Waals surface area (Å²) in [7, 11) is 0. The molecule has 1 aliphatic heterocycles. The summed E-state index contributed by atoms with van der Waals surface area (Å²) >= 11 is 6.02. The third-order valence-corrected chi connectivity index (χ3v) is 5.22. The Kier molecular flexibility index (Phi) is 8.43. The molecular formula is C24H25ClN2O6. The smallest absolute Gasteiger partial charge is 0.325 e. The predicted molar refractivity (Wildman–Crippen MR) is 122 cm³/mol. The molecule has 9 heteroatoms. The van der Waals surface area contributed by atoms with Crippen LogP contribution >= 0.6 is 11.6 Å². The zero-order chi connectivity index (χ0) is 23.8. The van der Waals surface area contributed by atoms with Gasteiger partial charge in [-0.05, 0) is 31.5 Å². The van der Waals surface area contributed by atoms with Gasteiger partial charge >= 0.3 is 11.9 Å². The van der Waals surface area contributed by atoms with Gasteiger partial charge in [-0.3, -0.25) is 14.4 Å². The minimum Gasteiger partial charge on any atom is -0.465 e. The Morgan fingerprint density at radius 2 is 1.52 bits per heavy atom. The number of esters is 2. The molecule has 0 N–H and O–H groups in total. The van der Waals surface area contributed by atoms with Gasteiger partial charge in [-0.2, -0.15) is 0 Å². The summed E-state index contributed by atoms with van der Waals surface area (Å²) in [4.78, 5) is 44.5. The zero-order valence-corrected chi connectivity index (χ0v) is 19.2. The second-order valence-corrected chi connectivity index (χ2v) is 7.64. The van der Waals surface area contributed by atoms with Gasteiger partial charge in [0, 0.05) is 10.6 Å². The summed E-state index contributed by atoms with van der Waals surface area (Å²) < 4.78 is 9.95. The molecular weight excluding hydrogens is 448 g/mol. The highest BCUT2D eigenvalue weighted by Crippen LogP contribution is 2.34. The lowest BCUT2D eigenvalue weighted by atomic mass is 9.85. The lowest BCUT2D eigenvalue weighted by Gasteiger charge is -2.26. The third-order valence-electron chi connectivity index (χ3n) is 4.97. The molecule has 0 fully saturated rings. The van der Waals surface area contributed by atoms with E-state index in [1.165, 1.54) is 0 Å². The van der Waals surface area contributed by atoms with Gasteiger partial charge in [-0.25, -0.2) is 0 Å². The summed E-state index contributed by atoms with van der Waals surface area (Å²) in [5.74, 6) is -2.41. The van der Waals surface area contributed by atoms with E-state index in [1.807, 2.05) is 30.3 Å². The molecule has 1 aliphatic rings. The number of amides is 1. The molecule has 2 aromatic carbocycles. The van der Waals surface area contributed by atoms with Gasteiger partial charge < -0.3 is 19.2 Å². The van der Waals surface area contributed by atoms with E-state index in [1.54, 1.807) is 38.1 Å². The molecule has 8 nitrogen and oxygen atoms in total. The highest BCUT2D eigenvalue weighted by molar-refractivity contribution is 6.30. The summed E-state index contributed by atoms with van der Waals surface area (Å²) in [6.45, 7) is 2.79. The van der Waals surface area contributed by atoms with Crippen LogP contribution in [0.5, 0.6) is 0 Å². The first-order chi connectivity index (χ1) is 15.9. The van der Waals surface area contributed by atoms with E-state index in [2.05, 4.69) is 5.16 Å². The normalized spacial score (nSPS) is 17.0. The van der Waals surface area contributed by atoms with Crippen LogP contribution in [-0.4, -0.2) is 60.9 Å². The SMILES string of the molecule is CCOC(=O)CN(CC(=O)OCC)C(=O)[C@H]1ON=C(c2ccc(Cl)cc2)[C@@H]1c1ccccc1. The molecule has 0 aliphatic carbocycles. The van der Waals surface area contributed by atoms with E-state index >= 15 is 0 Å². The van der Waals surface area contributed by atoms with Crippen LogP contribution in [0.25, 0.3) is 0 Å². The maximum Gasteiger partial charge on any atom is 0.325 e. The molecule has 0 aromatic heterocycles. The number of rotatable bonds is 9. The first-order valence-corrected chi connectivity index (χ1v) is 11.0. The van der Waals surface area contributed by atoms with E-state index in [9.17, 15) is 14.4 Å². The molecule has 0 saturated carbocycles. The maximum absolute atomic E-state index is 13.5. The number of oxime groups is 1. The van der Waals surface area contributed by atoms with Crippen LogP contribution in [0, 0.1) is 0 Å². The van der Waals surface area contributed by atoms with Gasteiger partial charge in [-0.15, -0.1) is 0 Å². The largest absolute Gasteiger partial charge is 0.465 e. The molecule has 2 aromatic rings. The molecule has 33 heavy (non-hydrogen) atoms. The monoisotopic (exact) mass is 472 g/mol. The van der Waals surface area contributed by atoms with Crippen LogP contribution < -0.4 is 0 Å². The van der Waals surface area contributed by atoms with Crippen LogP contribution in [-0.2, 0) is 28.7 Å². The summed E-state index contributed by atoms with van der Waals surface area (Å²) in [6, 6.07) is 16.3. The van der Waals surface area contributed by atoms with Crippen molar-refractivity contribution >= 4 is 35.2 Å². The number of hydrogen-bond acceptors (Lipinski definition) is 7. The molecule has 174 valence electrons. The molecule has 0 spiro atoms. The Labute approximate surface area is 197 Å². The van der Waals surface area contributed by atoms with Crippen LogP contribution in [0.15, 0.2) is 59.8 Å². The first-order valence-electron chi connectivity index (χ1n) is 10.6. The quantitative estimate of drug-likeness (QED) is 0.520. The van der Waals surface area contributed by atoms with Crippen LogP contribution in [0.1, 0.15) is 30.9 Å². The number of benzene rings is 2. The Morgan fingerprint density at radius 3 is 2.06 bits per heavy atom. The first kappa shape index (κ1) is 24.3. The number of carbonyl (C=O) groups is 3. The van der Waals surface area contributed by atoms with Crippen molar-refractivity contribution in [2.45, 2.75) is 25.9 Å². The minimum absolute atomic E-state index is 0.149. The Hall–Kier alpha value is -3.39.